The molecule has 0 saturated carbocycles. The summed E-state index contributed by atoms with van der Waals surface area (Å²) in [5.74, 6) is 0.723. The van der Waals surface area contributed by atoms with Crippen molar-refractivity contribution in [2.45, 2.75) is 0 Å². The highest BCUT2D eigenvalue weighted by Crippen LogP contribution is 1.99. The zero-order chi connectivity index (χ0) is 20.2. The molecule has 0 spiro atoms. The van der Waals surface area contributed by atoms with Crippen molar-refractivity contribution in [1.29, 1.82) is 0 Å². The Labute approximate surface area is 172 Å². The molecule has 0 aliphatic carbocycles. The molecule has 0 aliphatic heterocycles. The quantitative estimate of drug-likeness (QED) is 0.472. The van der Waals surface area contributed by atoms with E-state index in [9.17, 15) is 0 Å². The summed E-state index contributed by atoms with van der Waals surface area (Å²) in [5.41, 5.74) is 1.14. The fraction of sp³-hybridized carbons (Fsp3) is 0. The first-order valence-electron chi connectivity index (χ1n) is 9.30. The summed E-state index contributed by atoms with van der Waals surface area (Å²) in [6.45, 7) is 0. The smallest absolute Gasteiger partial charge is 0.0273 e. The topological polar surface area (TPSA) is 39.9 Å². The zero-order valence-electron chi connectivity index (χ0n) is 16.2. The summed E-state index contributed by atoms with van der Waals surface area (Å²) in [5, 5.41) is 0. The van der Waals surface area contributed by atoms with Crippen LogP contribution in [-0.4, -0.2) is 9.97 Å². The lowest BCUT2D eigenvalue weighted by atomic mass is 10.2. The molecular weight excluding hydrogens is 354 g/mol. The molecule has 0 saturated heterocycles. The lowest BCUT2D eigenvalue weighted by Crippen LogP contribution is -1.73. The van der Waals surface area contributed by atoms with Gasteiger partial charge in [-0.3, -0.25) is 4.98 Å². The molecule has 2 heterocycles. The van der Waals surface area contributed by atoms with E-state index < -0.39 is 0 Å². The Hall–Kier alpha value is -3.98. The van der Waals surface area contributed by atoms with Crippen molar-refractivity contribution in [3.63, 3.8) is 0 Å². The van der Waals surface area contributed by atoms with Crippen molar-refractivity contribution < 1.29 is 0 Å². The number of aromatic nitrogens is 3. The summed E-state index contributed by atoms with van der Waals surface area (Å²) < 4.78 is 0. The normalized spacial score (nSPS) is 13.7. The Morgan fingerprint density at radius 3 is 1.41 bits per heavy atom. The zero-order valence-corrected chi connectivity index (χ0v) is 16.2. The SMILES string of the molecule is C(=C\C=C\C=C\C=C\C=C\c1ncc[n-]1)/C=C/C=C/C=C/C=C/c1ccncc1. The van der Waals surface area contributed by atoms with Crippen molar-refractivity contribution in [2.24, 2.45) is 0 Å². The van der Waals surface area contributed by atoms with Crippen LogP contribution in [0.1, 0.15) is 11.4 Å². The second kappa shape index (κ2) is 15.1. The third-order valence-corrected chi connectivity index (χ3v) is 3.39. The summed E-state index contributed by atoms with van der Waals surface area (Å²) in [6.07, 6.45) is 42.4. The summed E-state index contributed by atoms with van der Waals surface area (Å²) in [7, 11) is 0. The summed E-state index contributed by atoms with van der Waals surface area (Å²) in [4.78, 5) is 12.1. The molecule has 3 nitrogen and oxygen atoms in total. The van der Waals surface area contributed by atoms with E-state index in [1.54, 1.807) is 24.8 Å². The van der Waals surface area contributed by atoms with E-state index in [0.717, 1.165) is 11.4 Å². The predicted molar refractivity (Wildman–Crippen MR) is 124 cm³/mol. The van der Waals surface area contributed by atoms with Gasteiger partial charge in [-0.15, -0.1) is 0 Å². The van der Waals surface area contributed by atoms with E-state index in [2.05, 4.69) is 15.0 Å². The van der Waals surface area contributed by atoms with Gasteiger partial charge in [-0.2, -0.15) is 0 Å². The first kappa shape index (κ1) is 21.3. The van der Waals surface area contributed by atoms with Gasteiger partial charge in [0.05, 0.1) is 0 Å². The van der Waals surface area contributed by atoms with Crippen LogP contribution in [0.15, 0.2) is 134 Å². The second-order valence-electron chi connectivity index (χ2n) is 5.61. The number of rotatable bonds is 10. The molecule has 0 bridgehead atoms. The highest BCUT2D eigenvalue weighted by molar-refractivity contribution is 5.50. The summed E-state index contributed by atoms with van der Waals surface area (Å²) >= 11 is 0. The molecule has 0 aliphatic rings. The molecular formula is C26H24N3-. The van der Waals surface area contributed by atoms with Crippen LogP contribution in [0.25, 0.3) is 12.2 Å². The van der Waals surface area contributed by atoms with Crippen molar-refractivity contribution in [2.75, 3.05) is 0 Å². The number of hydrogen-bond acceptors (Lipinski definition) is 2. The molecule has 2 aromatic heterocycles. The average molecular weight is 378 g/mol. The standard InChI is InChI=1S/C26H24N3/c1(2-4-6-8-10-12-14-16-18-26-28-23-24-29-26)3-5-7-9-11-13-15-17-25-19-21-27-22-20-25/h1-24H/q-1/b2-1+,5-3+,6-4+,9-7+,10-8+,13-11+,14-12+,17-15+,18-16+. The van der Waals surface area contributed by atoms with Crippen LogP contribution >= 0.6 is 0 Å². The van der Waals surface area contributed by atoms with Crippen LogP contribution in [0.5, 0.6) is 0 Å². The predicted octanol–water partition coefficient (Wildman–Crippen LogP) is 6.05. The molecule has 2 aromatic rings. The van der Waals surface area contributed by atoms with Gasteiger partial charge in [0.2, 0.25) is 0 Å². The maximum atomic E-state index is 4.05. The molecule has 0 radical (unpaired) electrons. The van der Waals surface area contributed by atoms with E-state index in [4.69, 9.17) is 0 Å². The van der Waals surface area contributed by atoms with E-state index >= 15 is 0 Å². The van der Waals surface area contributed by atoms with E-state index in [1.807, 2.05) is 122 Å². The highest BCUT2D eigenvalue weighted by atomic mass is 14.9. The lowest BCUT2D eigenvalue weighted by Gasteiger charge is -1.89. The van der Waals surface area contributed by atoms with Crippen LogP contribution in [-0.2, 0) is 0 Å². The van der Waals surface area contributed by atoms with Gasteiger partial charge in [0.1, 0.15) is 0 Å². The Kier molecular flexibility index (Phi) is 11.1. The molecule has 0 aromatic carbocycles. The number of hydrogen-bond donors (Lipinski definition) is 0. The van der Waals surface area contributed by atoms with Gasteiger partial charge in [0.15, 0.2) is 0 Å². The van der Waals surface area contributed by atoms with Gasteiger partial charge in [-0.25, -0.2) is 0 Å². The minimum absolute atomic E-state index is 0.723. The number of nitrogens with zero attached hydrogens (tertiary/aromatic N) is 3. The molecule has 0 amide bonds. The van der Waals surface area contributed by atoms with Gasteiger partial charge < -0.3 is 9.97 Å². The van der Waals surface area contributed by atoms with Gasteiger partial charge in [0.25, 0.3) is 0 Å². The van der Waals surface area contributed by atoms with Gasteiger partial charge in [-0.05, 0) is 17.7 Å². The fourth-order valence-corrected chi connectivity index (χ4v) is 2.02. The summed E-state index contributed by atoms with van der Waals surface area (Å²) in [6, 6.07) is 3.94. The number of imidazole rings is 1. The van der Waals surface area contributed by atoms with E-state index in [-0.39, 0.29) is 0 Å². The van der Waals surface area contributed by atoms with Crippen LogP contribution < -0.4 is 4.98 Å². The third kappa shape index (κ3) is 11.4. The maximum Gasteiger partial charge on any atom is 0.0273 e. The fourth-order valence-electron chi connectivity index (χ4n) is 2.02. The van der Waals surface area contributed by atoms with Gasteiger partial charge in [0, 0.05) is 12.4 Å². The number of allylic oxidation sites excluding steroid dienone is 16. The van der Waals surface area contributed by atoms with Crippen molar-refractivity contribution in [3.8, 4) is 0 Å². The minimum atomic E-state index is 0.723. The van der Waals surface area contributed by atoms with Crippen LogP contribution in [0.4, 0.5) is 0 Å². The lowest BCUT2D eigenvalue weighted by molar-refractivity contribution is 1.24. The molecule has 2 rings (SSSR count). The van der Waals surface area contributed by atoms with Crippen molar-refractivity contribution >= 4 is 12.2 Å². The number of pyridine rings is 1. The molecule has 3 heteroatoms. The van der Waals surface area contributed by atoms with Crippen LogP contribution in [0.2, 0.25) is 0 Å². The molecule has 0 atom stereocenters. The van der Waals surface area contributed by atoms with Gasteiger partial charge >= 0.3 is 0 Å². The van der Waals surface area contributed by atoms with Crippen LogP contribution in [0.3, 0.4) is 0 Å². The molecule has 0 N–H and O–H groups in total. The molecule has 0 fully saturated rings. The Morgan fingerprint density at radius 1 is 0.517 bits per heavy atom. The average Bonchev–Trinajstić information content (AvgIpc) is 3.27. The molecule has 29 heavy (non-hydrogen) atoms. The van der Waals surface area contributed by atoms with Crippen molar-refractivity contribution in [3.05, 3.63) is 146 Å². The Morgan fingerprint density at radius 2 is 0.966 bits per heavy atom. The van der Waals surface area contributed by atoms with E-state index in [0.29, 0.717) is 0 Å². The first-order valence-corrected chi connectivity index (χ1v) is 9.30. The van der Waals surface area contributed by atoms with Crippen molar-refractivity contribution in [1.82, 2.24) is 15.0 Å². The van der Waals surface area contributed by atoms with Gasteiger partial charge in [-0.1, -0.05) is 128 Å². The Bertz CT molecular complexity index is 933. The first-order chi connectivity index (χ1) is 14.4. The van der Waals surface area contributed by atoms with Crippen LogP contribution in [0, 0.1) is 0 Å². The molecule has 144 valence electrons. The van der Waals surface area contributed by atoms with E-state index in [1.165, 1.54) is 0 Å². The molecule has 0 unspecified atom stereocenters. The highest BCUT2D eigenvalue weighted by Gasteiger charge is 1.79. The largest absolute Gasteiger partial charge is 0.443 e. The monoisotopic (exact) mass is 378 g/mol. The minimum Gasteiger partial charge on any atom is -0.443 e. The second-order valence-corrected chi connectivity index (χ2v) is 5.61. The Balaban J connectivity index is 1.57. The maximum absolute atomic E-state index is 4.05. The third-order valence-electron chi connectivity index (χ3n) is 3.39.